The minimum absolute atomic E-state index is 0.272. The largest absolute Gasteiger partial charge is 0.497 e. The number of carbonyl (C=O) groups excluding carboxylic acids is 1. The third kappa shape index (κ3) is 4.24. The molecule has 5 rings (SSSR count). The van der Waals surface area contributed by atoms with Crippen LogP contribution in [-0.2, 0) is 11.3 Å². The van der Waals surface area contributed by atoms with Crippen molar-refractivity contribution in [3.63, 3.8) is 0 Å². The van der Waals surface area contributed by atoms with Gasteiger partial charge in [-0.05, 0) is 42.5 Å². The number of halogens is 1. The number of carbonyl (C=O) groups is 1. The van der Waals surface area contributed by atoms with Crippen LogP contribution in [-0.4, -0.2) is 34.8 Å². The molecule has 0 N–H and O–H groups in total. The predicted octanol–water partition coefficient (Wildman–Crippen LogP) is 4.84. The molecule has 2 aromatic heterocycles. The Bertz CT molecular complexity index is 1720. The highest BCUT2D eigenvalue weighted by atomic mass is 35.5. The first-order valence-corrected chi connectivity index (χ1v) is 11.0. The molecule has 8 nitrogen and oxygen atoms in total. The van der Waals surface area contributed by atoms with Gasteiger partial charge in [0.2, 0.25) is 5.91 Å². The van der Waals surface area contributed by atoms with Gasteiger partial charge in [-0.1, -0.05) is 23.7 Å². The number of methoxy groups -OCH3 is 1. The Morgan fingerprint density at radius 3 is 2.80 bits per heavy atom. The van der Waals surface area contributed by atoms with Gasteiger partial charge in [0.1, 0.15) is 17.8 Å². The van der Waals surface area contributed by atoms with Crippen LogP contribution in [0, 0.1) is 6.92 Å². The number of oxazole rings is 1. The first kappa shape index (κ1) is 20.2. The molecule has 1 amide bonds. The molecule has 0 saturated heterocycles. The molecule has 0 radical (unpaired) electrons. The van der Waals surface area contributed by atoms with Crippen molar-refractivity contribution in [3.8, 4) is 17.0 Å². The average Bonchev–Trinajstić information content (AvgIpc) is 3.24. The number of anilines is 1. The lowest BCUT2D eigenvalue weighted by atomic mass is 10.0. The van der Waals surface area contributed by atoms with Crippen molar-refractivity contribution in [1.29, 1.82) is 0 Å². The summed E-state index contributed by atoms with van der Waals surface area (Å²) in [7, 11) is 1.50. The van der Waals surface area contributed by atoms with Crippen LogP contribution in [0.15, 0.2) is 69.9 Å². The van der Waals surface area contributed by atoms with Gasteiger partial charge in [0.15, 0.2) is 11.5 Å². The fourth-order valence-corrected chi connectivity index (χ4v) is 4.07. The molecule has 0 aliphatic rings. The molecule has 0 unspecified atom stereocenters. The number of fused-ring (bicyclic) bond motifs is 2. The molecule has 0 aliphatic carbocycles. The summed E-state index contributed by atoms with van der Waals surface area (Å²) in [5.74, 6) is 0.258. The molecular formula is C26H21ClN4O4. The number of hydrogen-bond donors (Lipinski definition) is 0. The third-order valence-corrected chi connectivity index (χ3v) is 5.81. The predicted molar refractivity (Wildman–Crippen MR) is 135 cm³/mol. The summed E-state index contributed by atoms with van der Waals surface area (Å²) >= 11 is 6.21. The standard InChI is InChI=1S/C26H21ClN4O4/c1-15-28-22-10-7-18(12-23(22)35-15)30(2)24(32)14-31-26(33)21-13-19(34-3)8-9-20(21)25(29-31)16-5-4-6-17(27)11-16/h4-13H,14H2,1-3H3/i2D2. The van der Waals surface area contributed by atoms with E-state index < -0.39 is 25.0 Å². The van der Waals surface area contributed by atoms with Gasteiger partial charge >= 0.3 is 0 Å². The molecule has 0 atom stereocenters. The van der Waals surface area contributed by atoms with E-state index in [4.69, 9.17) is 23.5 Å². The number of likely N-dealkylation sites (N-methyl/N-ethyl adjacent to an activating group) is 1. The van der Waals surface area contributed by atoms with Crippen LogP contribution >= 0.6 is 11.6 Å². The smallest absolute Gasteiger partial charge is 0.275 e. The number of aromatic nitrogens is 3. The van der Waals surface area contributed by atoms with Gasteiger partial charge in [0, 0.05) is 44.4 Å². The van der Waals surface area contributed by atoms with Crippen LogP contribution in [0.3, 0.4) is 0 Å². The van der Waals surface area contributed by atoms with Crippen LogP contribution in [0.1, 0.15) is 8.63 Å². The van der Waals surface area contributed by atoms with E-state index in [0.717, 1.165) is 9.58 Å². The van der Waals surface area contributed by atoms with Gasteiger partial charge in [-0.15, -0.1) is 0 Å². The lowest BCUT2D eigenvalue weighted by Crippen LogP contribution is -2.35. The van der Waals surface area contributed by atoms with Crippen LogP contribution in [0.2, 0.25) is 5.02 Å². The molecule has 3 aromatic carbocycles. The molecule has 0 saturated carbocycles. The van der Waals surface area contributed by atoms with Crippen LogP contribution in [0.5, 0.6) is 5.75 Å². The molecule has 0 bridgehead atoms. The average molecular weight is 491 g/mol. The number of nitrogens with zero attached hydrogens (tertiary/aromatic N) is 4. The van der Waals surface area contributed by atoms with E-state index in [0.29, 0.717) is 49.8 Å². The maximum Gasteiger partial charge on any atom is 0.275 e. The highest BCUT2D eigenvalue weighted by Crippen LogP contribution is 2.29. The maximum atomic E-state index is 13.4. The zero-order valence-electron chi connectivity index (χ0n) is 20.9. The van der Waals surface area contributed by atoms with E-state index in [-0.39, 0.29) is 5.69 Å². The van der Waals surface area contributed by atoms with Crippen LogP contribution < -0.4 is 15.2 Å². The van der Waals surface area contributed by atoms with E-state index in [1.54, 1.807) is 67.6 Å². The number of ether oxygens (including phenoxy) is 1. The number of rotatable bonds is 5. The topological polar surface area (TPSA) is 90.5 Å². The molecule has 35 heavy (non-hydrogen) atoms. The number of hydrogen-bond acceptors (Lipinski definition) is 6. The van der Waals surface area contributed by atoms with E-state index in [9.17, 15) is 9.59 Å². The third-order valence-electron chi connectivity index (χ3n) is 5.58. The lowest BCUT2D eigenvalue weighted by molar-refractivity contribution is -0.119. The summed E-state index contributed by atoms with van der Waals surface area (Å²) in [6.45, 7) is -0.482. The lowest BCUT2D eigenvalue weighted by Gasteiger charge is -2.18. The summed E-state index contributed by atoms with van der Waals surface area (Å²) in [6.07, 6.45) is 0. The summed E-state index contributed by atoms with van der Waals surface area (Å²) < 4.78 is 27.9. The Balaban J connectivity index is 1.61. The molecule has 9 heteroatoms. The summed E-state index contributed by atoms with van der Waals surface area (Å²) in [5.41, 5.74) is 1.88. The summed E-state index contributed by atoms with van der Waals surface area (Å²) in [4.78, 5) is 32.0. The molecule has 5 aromatic rings. The maximum absolute atomic E-state index is 13.4. The van der Waals surface area contributed by atoms with Gasteiger partial charge in [-0.2, -0.15) is 5.10 Å². The van der Waals surface area contributed by atoms with Gasteiger partial charge in [0.25, 0.3) is 5.56 Å². The Morgan fingerprint density at radius 1 is 1.17 bits per heavy atom. The SMILES string of the molecule is [2H]C([2H])N(C(=O)Cn1nc(-c2cccc(Cl)c2)c2ccc(OC)cc2c1=O)c1ccc2nc(C)oc2c1. The van der Waals surface area contributed by atoms with Gasteiger partial charge in [0.05, 0.1) is 18.2 Å². The van der Waals surface area contributed by atoms with E-state index in [1.165, 1.54) is 7.11 Å². The van der Waals surface area contributed by atoms with E-state index in [2.05, 4.69) is 10.1 Å². The molecule has 2 heterocycles. The normalized spacial score (nSPS) is 12.1. The van der Waals surface area contributed by atoms with Gasteiger partial charge in [-0.3, -0.25) is 9.59 Å². The summed E-state index contributed by atoms with van der Waals surface area (Å²) in [6, 6.07) is 16.8. The van der Waals surface area contributed by atoms with Crippen molar-refractivity contribution in [1.82, 2.24) is 14.8 Å². The Labute approximate surface area is 208 Å². The van der Waals surface area contributed by atoms with E-state index >= 15 is 0 Å². The van der Waals surface area contributed by atoms with Crippen molar-refractivity contribution >= 4 is 45.1 Å². The first-order chi connectivity index (χ1) is 17.7. The minimum Gasteiger partial charge on any atom is -0.497 e. The zero-order chi connectivity index (χ0) is 26.3. The van der Waals surface area contributed by atoms with Crippen LogP contribution in [0.4, 0.5) is 5.69 Å². The second-order valence-electron chi connectivity index (χ2n) is 7.88. The van der Waals surface area contributed by atoms with Crippen molar-refractivity contribution in [3.05, 3.63) is 81.9 Å². The number of aryl methyl sites for hydroxylation is 1. The molecule has 176 valence electrons. The van der Waals surface area contributed by atoms with Gasteiger partial charge in [-0.25, -0.2) is 9.67 Å². The second-order valence-corrected chi connectivity index (χ2v) is 8.32. The van der Waals surface area contributed by atoms with Crippen molar-refractivity contribution < 1.29 is 16.7 Å². The second kappa shape index (κ2) is 8.88. The molecule has 0 aliphatic heterocycles. The molecule has 0 spiro atoms. The highest BCUT2D eigenvalue weighted by molar-refractivity contribution is 6.30. The van der Waals surface area contributed by atoms with Crippen molar-refractivity contribution in [2.24, 2.45) is 0 Å². The summed E-state index contributed by atoms with van der Waals surface area (Å²) in [5, 5.41) is 5.86. The van der Waals surface area contributed by atoms with E-state index in [1.807, 2.05) is 0 Å². The van der Waals surface area contributed by atoms with Crippen LogP contribution in [0.25, 0.3) is 33.1 Å². The molecular weight excluding hydrogens is 468 g/mol. The van der Waals surface area contributed by atoms with Crippen molar-refractivity contribution in [2.75, 3.05) is 19.0 Å². The monoisotopic (exact) mass is 490 g/mol. The first-order valence-electron chi connectivity index (χ1n) is 11.8. The number of benzene rings is 3. The Kier molecular flexibility index (Phi) is 5.13. The number of amides is 1. The Morgan fingerprint density at radius 2 is 2.03 bits per heavy atom. The van der Waals surface area contributed by atoms with Crippen molar-refractivity contribution in [2.45, 2.75) is 13.5 Å². The van der Waals surface area contributed by atoms with Gasteiger partial charge < -0.3 is 14.1 Å². The fourth-order valence-electron chi connectivity index (χ4n) is 3.88. The Hall–Kier alpha value is -4.17. The fraction of sp³-hybridized carbons (Fsp3) is 0.154. The molecule has 0 fully saturated rings. The minimum atomic E-state index is -1.68. The zero-order valence-corrected chi connectivity index (χ0v) is 19.6. The highest BCUT2D eigenvalue weighted by Gasteiger charge is 2.19. The quantitative estimate of drug-likeness (QED) is 0.350.